The molecule has 4 nitrogen and oxygen atoms in total. The first-order valence-corrected chi connectivity index (χ1v) is 5.97. The number of piperidine rings is 1. The van der Waals surface area contributed by atoms with Gasteiger partial charge in [-0.15, -0.1) is 0 Å². The van der Waals surface area contributed by atoms with Crippen LogP contribution in [0, 0.1) is 0 Å². The Morgan fingerprint density at radius 3 is 3.00 bits per heavy atom. The van der Waals surface area contributed by atoms with Crippen LogP contribution in [0.5, 0.6) is 0 Å². The number of nitrogens with zero attached hydrogens (tertiary/aromatic N) is 1. The number of thioether (sulfide) groups is 1. The van der Waals surface area contributed by atoms with E-state index in [2.05, 4.69) is 0 Å². The number of hydrogen-bond donors (Lipinski definition) is 1. The van der Waals surface area contributed by atoms with Gasteiger partial charge in [-0.05, 0) is 12.8 Å². The molecule has 0 spiro atoms. The third-order valence-electron chi connectivity index (χ3n) is 2.82. The van der Waals surface area contributed by atoms with Gasteiger partial charge in [0.15, 0.2) is 0 Å². The zero-order valence-corrected chi connectivity index (χ0v) is 8.63. The Labute approximate surface area is 86.6 Å². The van der Waals surface area contributed by atoms with Gasteiger partial charge in [0.05, 0.1) is 0 Å². The van der Waals surface area contributed by atoms with Gasteiger partial charge in [-0.25, -0.2) is 4.79 Å². The van der Waals surface area contributed by atoms with Gasteiger partial charge in [-0.2, -0.15) is 11.8 Å². The van der Waals surface area contributed by atoms with Crippen molar-refractivity contribution in [2.45, 2.75) is 31.3 Å². The third kappa shape index (κ3) is 1.61. The summed E-state index contributed by atoms with van der Waals surface area (Å²) in [4.78, 5) is 24.1. The molecule has 2 aliphatic rings. The minimum atomic E-state index is -0.863. The van der Waals surface area contributed by atoms with E-state index in [4.69, 9.17) is 5.11 Å². The van der Waals surface area contributed by atoms with Gasteiger partial charge in [0.25, 0.3) is 0 Å². The average molecular weight is 215 g/mol. The molecular weight excluding hydrogens is 202 g/mol. The molecule has 2 fully saturated rings. The van der Waals surface area contributed by atoms with Gasteiger partial charge in [-0.1, -0.05) is 0 Å². The number of amides is 1. The summed E-state index contributed by atoms with van der Waals surface area (Å²) in [7, 11) is 0. The van der Waals surface area contributed by atoms with E-state index in [1.54, 1.807) is 16.7 Å². The molecule has 2 unspecified atom stereocenters. The van der Waals surface area contributed by atoms with Crippen LogP contribution in [0.25, 0.3) is 0 Å². The van der Waals surface area contributed by atoms with E-state index < -0.39 is 12.0 Å². The van der Waals surface area contributed by atoms with Crippen LogP contribution in [0.2, 0.25) is 0 Å². The fourth-order valence-electron chi connectivity index (χ4n) is 2.14. The second-order valence-electron chi connectivity index (χ2n) is 3.74. The molecule has 14 heavy (non-hydrogen) atoms. The van der Waals surface area contributed by atoms with Crippen molar-refractivity contribution in [3.63, 3.8) is 0 Å². The summed E-state index contributed by atoms with van der Waals surface area (Å²) in [6.07, 6.45) is 2.39. The lowest BCUT2D eigenvalue weighted by molar-refractivity contribution is -0.153. The van der Waals surface area contributed by atoms with Gasteiger partial charge in [0.1, 0.15) is 6.04 Å². The van der Waals surface area contributed by atoms with Crippen molar-refractivity contribution in [2.24, 2.45) is 0 Å². The van der Waals surface area contributed by atoms with E-state index in [-0.39, 0.29) is 11.9 Å². The van der Waals surface area contributed by atoms with E-state index in [1.165, 1.54) is 0 Å². The monoisotopic (exact) mass is 215 g/mol. The quantitative estimate of drug-likeness (QED) is 0.694. The van der Waals surface area contributed by atoms with Crippen LogP contribution in [0.4, 0.5) is 0 Å². The molecule has 0 aromatic rings. The standard InChI is InChI=1S/C9H13NO3S/c11-8-3-1-2-6-4-14-5-7(9(12)13)10(6)8/h6-7H,1-5H2,(H,12,13). The minimum absolute atomic E-state index is 0.0222. The smallest absolute Gasteiger partial charge is 0.327 e. The lowest BCUT2D eigenvalue weighted by atomic mass is 10.0. The molecule has 2 saturated heterocycles. The van der Waals surface area contributed by atoms with E-state index in [0.717, 1.165) is 18.6 Å². The molecule has 2 heterocycles. The molecule has 78 valence electrons. The number of carboxylic acid groups (broad SMARTS) is 1. The summed E-state index contributed by atoms with van der Waals surface area (Å²) in [5.41, 5.74) is 0. The first kappa shape index (κ1) is 9.83. The minimum Gasteiger partial charge on any atom is -0.480 e. The van der Waals surface area contributed by atoms with Gasteiger partial charge >= 0.3 is 5.97 Å². The molecule has 2 rings (SSSR count). The van der Waals surface area contributed by atoms with E-state index >= 15 is 0 Å². The fourth-order valence-corrected chi connectivity index (χ4v) is 3.40. The molecule has 1 amide bonds. The predicted octanol–water partition coefficient (Wildman–Crippen LogP) is 0.568. The lowest BCUT2D eigenvalue weighted by Crippen LogP contribution is -2.57. The molecule has 1 N–H and O–H groups in total. The van der Waals surface area contributed by atoms with Gasteiger partial charge in [0.2, 0.25) is 5.91 Å². The maximum Gasteiger partial charge on any atom is 0.327 e. The summed E-state index contributed by atoms with van der Waals surface area (Å²) < 4.78 is 0. The fraction of sp³-hybridized carbons (Fsp3) is 0.778. The largest absolute Gasteiger partial charge is 0.480 e. The zero-order chi connectivity index (χ0) is 10.1. The van der Waals surface area contributed by atoms with Crippen LogP contribution in [0.3, 0.4) is 0 Å². The SMILES string of the molecule is O=C(O)C1CSCC2CCCC(=O)N21. The summed E-state index contributed by atoms with van der Waals surface area (Å²) in [6, 6.07) is -0.428. The first-order valence-electron chi connectivity index (χ1n) is 4.82. The van der Waals surface area contributed by atoms with E-state index in [1.807, 2.05) is 0 Å². The van der Waals surface area contributed by atoms with Crippen molar-refractivity contribution in [2.75, 3.05) is 11.5 Å². The van der Waals surface area contributed by atoms with Crippen LogP contribution >= 0.6 is 11.8 Å². The van der Waals surface area contributed by atoms with Gasteiger partial charge < -0.3 is 10.0 Å². The molecule has 0 aliphatic carbocycles. The van der Waals surface area contributed by atoms with Gasteiger partial charge in [0, 0.05) is 24.0 Å². The van der Waals surface area contributed by atoms with Crippen molar-refractivity contribution >= 4 is 23.6 Å². The van der Waals surface area contributed by atoms with Crippen LogP contribution in [-0.2, 0) is 9.59 Å². The lowest BCUT2D eigenvalue weighted by Gasteiger charge is -2.42. The predicted molar refractivity (Wildman–Crippen MR) is 53.2 cm³/mol. The number of carbonyl (C=O) groups is 2. The highest BCUT2D eigenvalue weighted by atomic mass is 32.2. The second kappa shape index (κ2) is 3.81. The maximum absolute atomic E-state index is 11.6. The summed E-state index contributed by atoms with van der Waals surface area (Å²) >= 11 is 1.64. The molecule has 0 saturated carbocycles. The van der Waals surface area contributed by atoms with Crippen molar-refractivity contribution in [1.29, 1.82) is 0 Å². The summed E-state index contributed by atoms with van der Waals surface area (Å²) in [5, 5.41) is 8.99. The van der Waals surface area contributed by atoms with Crippen molar-refractivity contribution < 1.29 is 14.7 Å². The number of hydrogen-bond acceptors (Lipinski definition) is 3. The van der Waals surface area contributed by atoms with Crippen molar-refractivity contribution in [3.8, 4) is 0 Å². The Bertz CT molecular complexity index is 267. The van der Waals surface area contributed by atoms with Crippen LogP contribution in [-0.4, -0.2) is 45.5 Å². The topological polar surface area (TPSA) is 57.6 Å². The van der Waals surface area contributed by atoms with Crippen LogP contribution < -0.4 is 0 Å². The van der Waals surface area contributed by atoms with E-state index in [0.29, 0.717) is 12.2 Å². The Morgan fingerprint density at radius 2 is 2.29 bits per heavy atom. The molecule has 0 aromatic carbocycles. The van der Waals surface area contributed by atoms with Gasteiger partial charge in [-0.3, -0.25) is 4.79 Å². The highest BCUT2D eigenvalue weighted by Gasteiger charge is 2.40. The normalized spacial score (nSPS) is 32.6. The van der Waals surface area contributed by atoms with Crippen LogP contribution in [0.1, 0.15) is 19.3 Å². The number of carbonyl (C=O) groups excluding carboxylic acids is 1. The molecule has 0 bridgehead atoms. The van der Waals surface area contributed by atoms with Crippen LogP contribution in [0.15, 0.2) is 0 Å². The average Bonchev–Trinajstić information content (AvgIpc) is 2.17. The van der Waals surface area contributed by atoms with Crippen molar-refractivity contribution in [3.05, 3.63) is 0 Å². The Kier molecular flexibility index (Phi) is 2.67. The molecule has 5 heteroatoms. The summed E-state index contributed by atoms with van der Waals surface area (Å²) in [6.45, 7) is 0. The second-order valence-corrected chi connectivity index (χ2v) is 4.81. The number of aliphatic carboxylic acids is 1. The Hall–Kier alpha value is -0.710. The van der Waals surface area contributed by atoms with Crippen molar-refractivity contribution in [1.82, 2.24) is 4.90 Å². The number of carboxylic acids is 1. The zero-order valence-electron chi connectivity index (χ0n) is 7.81. The Morgan fingerprint density at radius 1 is 1.50 bits per heavy atom. The number of rotatable bonds is 1. The number of fused-ring (bicyclic) bond motifs is 1. The highest BCUT2D eigenvalue weighted by Crippen LogP contribution is 2.29. The first-order chi connectivity index (χ1) is 6.70. The third-order valence-corrected chi connectivity index (χ3v) is 3.99. The molecule has 2 aliphatic heterocycles. The molecule has 0 aromatic heterocycles. The maximum atomic E-state index is 11.6. The van der Waals surface area contributed by atoms with E-state index in [9.17, 15) is 9.59 Å². The molecule has 2 atom stereocenters. The summed E-state index contributed by atoms with van der Waals surface area (Å²) in [5.74, 6) is 0.596. The highest BCUT2D eigenvalue weighted by molar-refractivity contribution is 7.99. The Balaban J connectivity index is 2.18. The molecule has 0 radical (unpaired) electrons. The molecular formula is C9H13NO3S.